The van der Waals surface area contributed by atoms with Gasteiger partial charge in [-0.05, 0) is 25.8 Å². The third-order valence-corrected chi connectivity index (χ3v) is 2.68. The first-order valence-corrected chi connectivity index (χ1v) is 5.67. The van der Waals surface area contributed by atoms with Crippen LogP contribution in [-0.4, -0.2) is 22.8 Å². The Hall–Kier alpha value is -1.58. The predicted octanol–water partition coefficient (Wildman–Crippen LogP) is 1.22. The van der Waals surface area contributed by atoms with E-state index in [1.165, 1.54) is 0 Å². The van der Waals surface area contributed by atoms with Gasteiger partial charge in [-0.25, -0.2) is 0 Å². The van der Waals surface area contributed by atoms with E-state index in [1.54, 1.807) is 23.0 Å². The maximum Gasteiger partial charge on any atom is 0.239 e. The molecule has 0 aromatic carbocycles. The monoisotopic (exact) mass is 220 g/mol. The fourth-order valence-electron chi connectivity index (χ4n) is 1.68. The van der Waals surface area contributed by atoms with Crippen LogP contribution in [0.2, 0.25) is 0 Å². The average molecular weight is 220 g/mol. The molecule has 1 aliphatic rings. The number of rotatable bonds is 5. The van der Waals surface area contributed by atoms with Crippen LogP contribution in [0, 0.1) is 5.92 Å². The number of nitrogens with one attached hydrogen (secondary N) is 1. The molecule has 1 fully saturated rings. The summed E-state index contributed by atoms with van der Waals surface area (Å²) in [6.07, 6.45) is 5.57. The van der Waals surface area contributed by atoms with Crippen molar-refractivity contribution < 1.29 is 9.59 Å². The lowest BCUT2D eigenvalue weighted by atomic mass is 10.1. The summed E-state index contributed by atoms with van der Waals surface area (Å²) in [4.78, 5) is 23.0. The van der Waals surface area contributed by atoms with E-state index in [-0.39, 0.29) is 24.2 Å². The van der Waals surface area contributed by atoms with Crippen LogP contribution in [0.5, 0.6) is 0 Å². The molecule has 16 heavy (non-hydrogen) atoms. The van der Waals surface area contributed by atoms with Gasteiger partial charge in [-0.1, -0.05) is 0 Å². The molecule has 0 bridgehead atoms. The van der Waals surface area contributed by atoms with Gasteiger partial charge in [0.2, 0.25) is 5.91 Å². The van der Waals surface area contributed by atoms with Crippen molar-refractivity contribution in [2.75, 3.05) is 6.54 Å². The van der Waals surface area contributed by atoms with Crippen molar-refractivity contribution >= 4 is 11.7 Å². The van der Waals surface area contributed by atoms with Crippen molar-refractivity contribution in [1.29, 1.82) is 0 Å². The summed E-state index contributed by atoms with van der Waals surface area (Å²) in [6.45, 7) is 2.80. The van der Waals surface area contributed by atoms with Gasteiger partial charge < -0.3 is 9.88 Å². The van der Waals surface area contributed by atoms with Gasteiger partial charge in [-0.2, -0.15) is 0 Å². The van der Waals surface area contributed by atoms with E-state index in [9.17, 15) is 9.59 Å². The molecule has 1 amide bonds. The Bertz CT molecular complexity index is 405. The normalized spacial score (nSPS) is 14.8. The molecule has 4 nitrogen and oxygen atoms in total. The minimum atomic E-state index is -0.0245. The molecule has 0 unspecified atom stereocenters. The summed E-state index contributed by atoms with van der Waals surface area (Å²) in [6, 6.07) is 1.79. The first-order chi connectivity index (χ1) is 7.70. The zero-order valence-electron chi connectivity index (χ0n) is 9.40. The number of ketones is 1. The summed E-state index contributed by atoms with van der Waals surface area (Å²) in [5, 5.41) is 2.72. The van der Waals surface area contributed by atoms with Gasteiger partial charge in [0.05, 0.1) is 0 Å². The lowest BCUT2D eigenvalue weighted by molar-refractivity contribution is -0.121. The third kappa shape index (κ3) is 2.51. The molecule has 0 saturated heterocycles. The summed E-state index contributed by atoms with van der Waals surface area (Å²) in [7, 11) is 0. The largest absolute Gasteiger partial charge is 0.355 e. The van der Waals surface area contributed by atoms with Gasteiger partial charge in [0.25, 0.3) is 0 Å². The molecule has 1 N–H and O–H groups in total. The smallest absolute Gasteiger partial charge is 0.239 e. The number of carbonyl (C=O) groups excluding carboxylic acids is 2. The topological polar surface area (TPSA) is 51.1 Å². The highest BCUT2D eigenvalue weighted by molar-refractivity contribution is 5.99. The lowest BCUT2D eigenvalue weighted by Gasteiger charge is -2.02. The lowest BCUT2D eigenvalue weighted by Crippen LogP contribution is -2.26. The van der Waals surface area contributed by atoms with Crippen molar-refractivity contribution in [3.8, 4) is 0 Å². The van der Waals surface area contributed by atoms with Crippen LogP contribution in [0.4, 0.5) is 0 Å². The second-order valence-corrected chi connectivity index (χ2v) is 4.16. The highest BCUT2D eigenvalue weighted by atomic mass is 16.2. The van der Waals surface area contributed by atoms with E-state index < -0.39 is 0 Å². The van der Waals surface area contributed by atoms with Crippen molar-refractivity contribution in [2.45, 2.75) is 26.3 Å². The fraction of sp³-hybridized carbons (Fsp3) is 0.500. The molecule has 1 aliphatic carbocycles. The number of aromatic nitrogens is 1. The van der Waals surface area contributed by atoms with E-state index >= 15 is 0 Å². The summed E-state index contributed by atoms with van der Waals surface area (Å²) in [5.74, 6) is 0.429. The molecule has 86 valence electrons. The molecule has 0 spiro atoms. The van der Waals surface area contributed by atoms with Crippen LogP contribution in [0.3, 0.4) is 0 Å². The minimum Gasteiger partial charge on any atom is -0.355 e. The molecule has 2 rings (SSSR count). The Morgan fingerprint density at radius 2 is 2.25 bits per heavy atom. The average Bonchev–Trinajstić information content (AvgIpc) is 2.99. The number of hydrogen-bond donors (Lipinski definition) is 1. The number of amides is 1. The molecular formula is C12H16N2O2. The van der Waals surface area contributed by atoms with E-state index in [0.29, 0.717) is 6.54 Å². The number of hydrogen-bond acceptors (Lipinski definition) is 2. The zero-order chi connectivity index (χ0) is 11.5. The predicted molar refractivity (Wildman–Crippen MR) is 60.2 cm³/mol. The molecule has 4 heteroatoms. The highest BCUT2D eigenvalue weighted by Gasteiger charge is 2.30. The van der Waals surface area contributed by atoms with Gasteiger partial charge in [0.15, 0.2) is 5.78 Å². The van der Waals surface area contributed by atoms with E-state index in [1.807, 2.05) is 6.92 Å². The van der Waals surface area contributed by atoms with Crippen molar-refractivity contribution in [1.82, 2.24) is 9.88 Å². The van der Waals surface area contributed by atoms with Crippen LogP contribution in [-0.2, 0) is 11.3 Å². The van der Waals surface area contributed by atoms with Gasteiger partial charge in [-0.15, -0.1) is 0 Å². The number of nitrogens with zero attached hydrogens (tertiary/aromatic N) is 1. The molecule has 1 aromatic rings. The van der Waals surface area contributed by atoms with Crippen LogP contribution in [0.15, 0.2) is 18.5 Å². The van der Waals surface area contributed by atoms with Crippen LogP contribution >= 0.6 is 0 Å². The SMILES string of the molecule is CCNC(=O)Cn1ccc(C(=O)C2CC2)c1. The fourth-order valence-corrected chi connectivity index (χ4v) is 1.68. The van der Waals surface area contributed by atoms with Gasteiger partial charge in [0, 0.05) is 30.4 Å². The number of Topliss-reactive ketones (excluding diaryl/α,β-unsaturated/α-hetero) is 1. The van der Waals surface area contributed by atoms with Gasteiger partial charge in [0.1, 0.15) is 6.54 Å². The Labute approximate surface area is 94.6 Å². The molecule has 1 heterocycles. The number of carbonyl (C=O) groups is 2. The Morgan fingerprint density at radius 1 is 1.50 bits per heavy atom. The quantitative estimate of drug-likeness (QED) is 0.758. The Balaban J connectivity index is 1.96. The van der Waals surface area contributed by atoms with Crippen molar-refractivity contribution in [3.63, 3.8) is 0 Å². The van der Waals surface area contributed by atoms with Gasteiger partial charge >= 0.3 is 0 Å². The molecule has 1 aromatic heterocycles. The molecule has 0 aliphatic heterocycles. The Kier molecular flexibility index (Phi) is 3.08. The molecule has 0 atom stereocenters. The van der Waals surface area contributed by atoms with E-state index in [0.717, 1.165) is 18.4 Å². The zero-order valence-corrected chi connectivity index (χ0v) is 9.40. The van der Waals surface area contributed by atoms with E-state index in [2.05, 4.69) is 5.32 Å². The summed E-state index contributed by atoms with van der Waals surface area (Å²) < 4.78 is 1.75. The summed E-state index contributed by atoms with van der Waals surface area (Å²) in [5.41, 5.74) is 0.729. The highest BCUT2D eigenvalue weighted by Crippen LogP contribution is 2.32. The molecule has 0 radical (unpaired) electrons. The number of likely N-dealkylation sites (N-methyl/N-ethyl adjacent to an activating group) is 1. The van der Waals surface area contributed by atoms with Crippen LogP contribution < -0.4 is 5.32 Å². The standard InChI is InChI=1S/C12H16N2O2/c1-2-13-11(15)8-14-6-5-10(7-14)12(16)9-3-4-9/h5-7,9H,2-4,8H2,1H3,(H,13,15). The first kappa shape index (κ1) is 10.9. The second-order valence-electron chi connectivity index (χ2n) is 4.16. The van der Waals surface area contributed by atoms with Crippen LogP contribution in [0.25, 0.3) is 0 Å². The van der Waals surface area contributed by atoms with Crippen LogP contribution in [0.1, 0.15) is 30.1 Å². The minimum absolute atomic E-state index is 0.0245. The summed E-state index contributed by atoms with van der Waals surface area (Å²) >= 11 is 0. The van der Waals surface area contributed by atoms with Gasteiger partial charge in [-0.3, -0.25) is 9.59 Å². The maximum atomic E-state index is 11.7. The molecule has 1 saturated carbocycles. The van der Waals surface area contributed by atoms with Crippen molar-refractivity contribution in [3.05, 3.63) is 24.0 Å². The Morgan fingerprint density at radius 3 is 2.88 bits per heavy atom. The van der Waals surface area contributed by atoms with E-state index in [4.69, 9.17) is 0 Å². The third-order valence-electron chi connectivity index (χ3n) is 2.68. The second kappa shape index (κ2) is 4.51. The van der Waals surface area contributed by atoms with Crippen molar-refractivity contribution in [2.24, 2.45) is 5.92 Å². The molecular weight excluding hydrogens is 204 g/mol. The maximum absolute atomic E-state index is 11.7. The first-order valence-electron chi connectivity index (χ1n) is 5.67.